The van der Waals surface area contributed by atoms with Crippen LogP contribution in [0.3, 0.4) is 0 Å². The maximum absolute atomic E-state index is 6.09. The third-order valence-electron chi connectivity index (χ3n) is 3.36. The van der Waals surface area contributed by atoms with Gasteiger partial charge in [-0.2, -0.15) is 0 Å². The Balaban J connectivity index is 2.07. The van der Waals surface area contributed by atoms with Crippen molar-refractivity contribution in [2.24, 2.45) is 5.92 Å². The topological polar surface area (TPSA) is 9.23 Å². The van der Waals surface area contributed by atoms with Gasteiger partial charge in [0.05, 0.1) is 6.10 Å². The zero-order valence-corrected chi connectivity index (χ0v) is 11.1. The van der Waals surface area contributed by atoms with Gasteiger partial charge in [0.25, 0.3) is 0 Å². The van der Waals surface area contributed by atoms with E-state index in [0.29, 0.717) is 12.0 Å². The molecule has 0 aromatic carbocycles. The van der Waals surface area contributed by atoms with Gasteiger partial charge in [-0.1, -0.05) is 34.8 Å². The second-order valence-electron chi connectivity index (χ2n) is 4.53. The molecular weight excluding hydrogens is 235 g/mol. The highest BCUT2D eigenvalue weighted by Crippen LogP contribution is 2.71. The Morgan fingerprint density at radius 3 is 3.07 bits per heavy atom. The van der Waals surface area contributed by atoms with Crippen molar-refractivity contribution in [3.8, 4) is 0 Å². The summed E-state index contributed by atoms with van der Waals surface area (Å²) in [5, 5.41) is 0. The molecule has 4 heteroatoms. The van der Waals surface area contributed by atoms with E-state index >= 15 is 0 Å². The van der Waals surface area contributed by atoms with E-state index in [9.17, 15) is 0 Å². The molecule has 0 bridgehead atoms. The summed E-state index contributed by atoms with van der Waals surface area (Å²) in [6, 6.07) is 0. The van der Waals surface area contributed by atoms with Gasteiger partial charge in [0.2, 0.25) is 0 Å². The molecule has 2 fully saturated rings. The lowest BCUT2D eigenvalue weighted by molar-refractivity contribution is 0.129. The first-order valence-electron chi connectivity index (χ1n) is 4.98. The van der Waals surface area contributed by atoms with Gasteiger partial charge in [-0.3, -0.25) is 0 Å². The Morgan fingerprint density at radius 1 is 1.71 bits per heavy atom. The molecule has 0 amide bonds. The molecule has 1 heterocycles. The molecule has 1 aliphatic heterocycles. The highest BCUT2D eigenvalue weighted by molar-refractivity contribution is 8.62. The van der Waals surface area contributed by atoms with Crippen molar-refractivity contribution in [3.05, 3.63) is 12.2 Å². The normalized spacial score (nSPS) is 47.5. The zero-order valence-electron chi connectivity index (χ0n) is 8.62. The summed E-state index contributed by atoms with van der Waals surface area (Å²) in [6.07, 6.45) is 3.93. The Hall–Kier alpha value is 0.770. The molecule has 1 saturated heterocycles. The minimum absolute atomic E-state index is 0.277. The number of allylic oxidation sites excluding steroid dienone is 1. The van der Waals surface area contributed by atoms with Crippen LogP contribution < -0.4 is 0 Å². The van der Waals surface area contributed by atoms with E-state index in [4.69, 9.17) is 15.8 Å². The average Bonchev–Trinajstić information content (AvgIpc) is 2.37. The molecule has 0 N–H and O–H groups in total. The molecule has 2 aliphatic rings. The molecule has 1 nitrogen and oxygen atoms in total. The molecule has 0 aromatic rings. The molecule has 4 atom stereocenters. The highest BCUT2D eigenvalue weighted by atomic mass is 35.7. The van der Waals surface area contributed by atoms with Gasteiger partial charge in [0, 0.05) is 4.75 Å². The van der Waals surface area contributed by atoms with Gasteiger partial charge < -0.3 is 4.52 Å². The third kappa shape index (κ3) is 2.00. The molecule has 1 aliphatic carbocycles. The molecule has 1 saturated carbocycles. The lowest BCUT2D eigenvalue weighted by Crippen LogP contribution is -2.39. The summed E-state index contributed by atoms with van der Waals surface area (Å²) in [5.41, 5.74) is 1.30. The number of hydrogen-bond acceptors (Lipinski definition) is 2. The summed E-state index contributed by atoms with van der Waals surface area (Å²) >= 11 is 7.93. The van der Waals surface area contributed by atoms with Crippen LogP contribution in [0.4, 0.5) is 0 Å². The van der Waals surface area contributed by atoms with Crippen molar-refractivity contribution >= 4 is 29.3 Å². The molecule has 0 spiro atoms. The predicted molar refractivity (Wildman–Crippen MR) is 65.8 cm³/mol. The zero-order chi connectivity index (χ0) is 10.3. The summed E-state index contributed by atoms with van der Waals surface area (Å²) in [4.78, 5) is 0. The second kappa shape index (κ2) is 3.97. The van der Waals surface area contributed by atoms with E-state index in [2.05, 4.69) is 20.4 Å². The van der Waals surface area contributed by atoms with Crippen LogP contribution in [0.2, 0.25) is 0 Å². The van der Waals surface area contributed by atoms with Crippen LogP contribution in [0.1, 0.15) is 33.1 Å². The van der Waals surface area contributed by atoms with Crippen LogP contribution in [0.15, 0.2) is 12.2 Å². The van der Waals surface area contributed by atoms with Gasteiger partial charge in [-0.25, -0.2) is 0 Å². The lowest BCUT2D eigenvalue weighted by atomic mass is 9.77. The van der Waals surface area contributed by atoms with E-state index in [1.807, 2.05) is 11.4 Å². The Bertz CT molecular complexity index is 261. The van der Waals surface area contributed by atoms with Crippen LogP contribution in [-0.4, -0.2) is 10.9 Å². The highest BCUT2D eigenvalue weighted by Gasteiger charge is 2.49. The maximum Gasteiger partial charge on any atom is 0.189 e. The number of hydrogen-bond donors (Lipinski definition) is 0. The Kier molecular flexibility index (Phi) is 3.20. The molecule has 0 radical (unpaired) electrons. The first kappa shape index (κ1) is 11.3. The summed E-state index contributed by atoms with van der Waals surface area (Å²) < 4.78 is 6.08. The van der Waals surface area contributed by atoms with Crippen molar-refractivity contribution in [3.63, 3.8) is 0 Å². The first-order valence-corrected chi connectivity index (χ1v) is 8.57. The summed E-state index contributed by atoms with van der Waals surface area (Å²) in [7, 11) is 0. The smallest absolute Gasteiger partial charge is 0.189 e. The first-order chi connectivity index (χ1) is 6.51. The van der Waals surface area contributed by atoms with Gasteiger partial charge in [-0.05, 0) is 39.0 Å². The number of rotatable bonds is 1. The van der Waals surface area contributed by atoms with Crippen LogP contribution in [-0.2, 0) is 4.52 Å². The molecule has 1 unspecified atom stereocenters. The molecular formula is C10H16ClOPS. The van der Waals surface area contributed by atoms with Crippen molar-refractivity contribution in [2.45, 2.75) is 44.0 Å². The fraction of sp³-hybridized carbons (Fsp3) is 0.800. The van der Waals surface area contributed by atoms with Crippen molar-refractivity contribution in [2.75, 3.05) is 0 Å². The molecule has 2 rings (SSSR count). The Morgan fingerprint density at radius 2 is 2.43 bits per heavy atom. The fourth-order valence-electron chi connectivity index (χ4n) is 2.24. The standard InChI is InChI=1S/C10H16ClOPS/c1-7(2)8-4-5-10(3)9(6-8)12-13(11)14-10/h8-9H,1,4-6H2,2-3H3/t8-,9+,10+,13?/m0/s1. The predicted octanol–water partition coefficient (Wildman–Crippen LogP) is 4.72. The molecule has 14 heavy (non-hydrogen) atoms. The van der Waals surface area contributed by atoms with Crippen LogP contribution >= 0.6 is 29.3 Å². The van der Waals surface area contributed by atoms with E-state index in [1.54, 1.807) is 0 Å². The minimum Gasteiger partial charge on any atom is -0.330 e. The van der Waals surface area contributed by atoms with Crippen LogP contribution in [0, 0.1) is 5.92 Å². The second-order valence-corrected chi connectivity index (χ2v) is 9.34. The SMILES string of the molecule is C=C(C)[C@H]1CC[C@@]2(C)SP(Cl)O[C@@H]2C1. The lowest BCUT2D eigenvalue weighted by Gasteiger charge is -2.37. The summed E-state index contributed by atoms with van der Waals surface area (Å²) in [5.74, 6) is 0.645. The maximum atomic E-state index is 6.09. The molecule has 80 valence electrons. The molecule has 0 aromatic heterocycles. The van der Waals surface area contributed by atoms with Crippen molar-refractivity contribution < 1.29 is 4.52 Å². The van der Waals surface area contributed by atoms with Crippen LogP contribution in [0.25, 0.3) is 0 Å². The van der Waals surface area contributed by atoms with Gasteiger partial charge in [-0.15, -0.1) is 0 Å². The van der Waals surface area contributed by atoms with Crippen molar-refractivity contribution in [1.82, 2.24) is 0 Å². The van der Waals surface area contributed by atoms with Gasteiger partial charge >= 0.3 is 0 Å². The van der Waals surface area contributed by atoms with E-state index < -0.39 is 6.70 Å². The average molecular weight is 251 g/mol. The van der Waals surface area contributed by atoms with Crippen LogP contribution in [0.5, 0.6) is 0 Å². The van der Waals surface area contributed by atoms with Crippen molar-refractivity contribution in [1.29, 1.82) is 0 Å². The number of fused-ring (bicyclic) bond motifs is 1. The summed E-state index contributed by atoms with van der Waals surface area (Å²) in [6.45, 7) is 7.72. The minimum atomic E-state index is -0.743. The number of halogens is 1. The van der Waals surface area contributed by atoms with E-state index in [0.717, 1.165) is 6.42 Å². The van der Waals surface area contributed by atoms with E-state index in [-0.39, 0.29) is 4.75 Å². The largest absolute Gasteiger partial charge is 0.330 e. The quantitative estimate of drug-likeness (QED) is 0.492. The monoisotopic (exact) mass is 250 g/mol. The van der Waals surface area contributed by atoms with Gasteiger partial charge in [0.1, 0.15) is 0 Å². The van der Waals surface area contributed by atoms with Gasteiger partial charge in [0.15, 0.2) is 6.70 Å². The third-order valence-corrected chi connectivity index (χ3v) is 7.60. The Labute approximate surface area is 96.0 Å². The fourth-order valence-corrected chi connectivity index (χ4v) is 7.43. The van der Waals surface area contributed by atoms with E-state index in [1.165, 1.54) is 18.4 Å².